The summed E-state index contributed by atoms with van der Waals surface area (Å²) >= 11 is 0. The minimum Gasteiger partial charge on any atom is -0.480 e. The fraction of sp³-hybridized carbons (Fsp3) is 0.600. The molecule has 0 spiro atoms. The van der Waals surface area contributed by atoms with Gasteiger partial charge in [0.15, 0.2) is 0 Å². The number of nitrogens with one attached hydrogen (secondary N) is 1. The number of ether oxygens (including phenoxy) is 1. The number of carbonyl (C=O) groups excluding carboxylic acids is 3. The van der Waals surface area contributed by atoms with E-state index in [0.717, 1.165) is 5.56 Å². The Morgan fingerprint density at radius 1 is 1.11 bits per heavy atom. The van der Waals surface area contributed by atoms with E-state index in [9.17, 15) is 29.4 Å². The van der Waals surface area contributed by atoms with Crippen molar-refractivity contribution in [3.8, 4) is 0 Å². The van der Waals surface area contributed by atoms with Gasteiger partial charge in [-0.1, -0.05) is 30.3 Å². The molecule has 10 heteroatoms. The van der Waals surface area contributed by atoms with E-state index in [1.165, 1.54) is 4.90 Å². The van der Waals surface area contributed by atoms with Gasteiger partial charge in [-0.25, -0.2) is 9.59 Å². The van der Waals surface area contributed by atoms with Crippen molar-refractivity contribution in [2.24, 2.45) is 5.92 Å². The average molecular weight is 490 g/mol. The number of benzene rings is 1. The molecule has 2 aliphatic rings. The first-order chi connectivity index (χ1) is 16.4. The van der Waals surface area contributed by atoms with E-state index in [2.05, 4.69) is 5.32 Å². The highest BCUT2D eigenvalue weighted by atomic mass is 16.6. The van der Waals surface area contributed by atoms with Crippen LogP contribution in [0.3, 0.4) is 0 Å². The molecule has 0 aromatic heterocycles. The Hall–Kier alpha value is -3.14. The highest BCUT2D eigenvalue weighted by Crippen LogP contribution is 2.26. The van der Waals surface area contributed by atoms with Gasteiger partial charge < -0.3 is 30.1 Å². The molecule has 192 valence electrons. The van der Waals surface area contributed by atoms with Crippen molar-refractivity contribution in [3.63, 3.8) is 0 Å². The number of rotatable bonds is 6. The monoisotopic (exact) mass is 489 g/mol. The van der Waals surface area contributed by atoms with Gasteiger partial charge in [0.05, 0.1) is 6.10 Å². The largest absolute Gasteiger partial charge is 0.480 e. The molecule has 1 aromatic carbocycles. The summed E-state index contributed by atoms with van der Waals surface area (Å²) in [5, 5.41) is 21.9. The molecule has 0 bridgehead atoms. The number of aliphatic hydroxyl groups excluding tert-OH is 1. The predicted octanol–water partition coefficient (Wildman–Crippen LogP) is 1.41. The topological polar surface area (TPSA) is 136 Å². The number of hydrogen-bond acceptors (Lipinski definition) is 6. The molecule has 1 aromatic rings. The number of carbonyl (C=O) groups is 4. The van der Waals surface area contributed by atoms with Gasteiger partial charge in [0.25, 0.3) is 0 Å². The van der Waals surface area contributed by atoms with Crippen LogP contribution < -0.4 is 5.32 Å². The lowest BCUT2D eigenvalue weighted by Crippen LogP contribution is -2.53. The molecule has 3 N–H and O–H groups in total. The maximum atomic E-state index is 13.4. The fourth-order valence-electron chi connectivity index (χ4n) is 4.59. The van der Waals surface area contributed by atoms with Crippen molar-refractivity contribution in [1.82, 2.24) is 15.1 Å². The molecule has 0 saturated carbocycles. The van der Waals surface area contributed by atoms with Crippen LogP contribution in [0, 0.1) is 5.92 Å². The van der Waals surface area contributed by atoms with E-state index in [1.54, 1.807) is 25.7 Å². The van der Waals surface area contributed by atoms with Crippen molar-refractivity contribution in [2.45, 2.75) is 70.2 Å². The normalized spacial score (nSPS) is 21.9. The smallest absolute Gasteiger partial charge is 0.408 e. The number of hydrogen-bond donors (Lipinski definition) is 3. The van der Waals surface area contributed by atoms with Gasteiger partial charge in [0.1, 0.15) is 17.7 Å². The Kier molecular flexibility index (Phi) is 8.37. The summed E-state index contributed by atoms with van der Waals surface area (Å²) in [6.07, 6.45) is -0.440. The Morgan fingerprint density at radius 2 is 1.74 bits per heavy atom. The van der Waals surface area contributed by atoms with Gasteiger partial charge in [0.2, 0.25) is 11.8 Å². The van der Waals surface area contributed by atoms with Crippen molar-refractivity contribution < 1.29 is 34.1 Å². The molecule has 2 saturated heterocycles. The zero-order chi connectivity index (χ0) is 25.8. The van der Waals surface area contributed by atoms with Crippen LogP contribution >= 0.6 is 0 Å². The minimum atomic E-state index is -1.13. The Labute approximate surface area is 205 Å². The molecule has 2 heterocycles. The molecule has 10 nitrogen and oxygen atoms in total. The van der Waals surface area contributed by atoms with Crippen LogP contribution in [0.2, 0.25) is 0 Å². The number of alkyl carbamates (subject to hydrolysis) is 1. The summed E-state index contributed by atoms with van der Waals surface area (Å²) in [5.74, 6) is -2.10. The number of aliphatic carboxylic acids is 1. The number of carboxylic acids is 1. The summed E-state index contributed by atoms with van der Waals surface area (Å²) in [6, 6.07) is 7.51. The molecule has 0 radical (unpaired) electrons. The summed E-state index contributed by atoms with van der Waals surface area (Å²) in [6.45, 7) is 5.87. The summed E-state index contributed by atoms with van der Waals surface area (Å²) in [7, 11) is 0. The van der Waals surface area contributed by atoms with Gasteiger partial charge in [-0.2, -0.15) is 0 Å². The zero-order valence-electron chi connectivity index (χ0n) is 20.5. The highest BCUT2D eigenvalue weighted by molar-refractivity contribution is 5.88. The summed E-state index contributed by atoms with van der Waals surface area (Å²) < 4.78 is 5.35. The average Bonchev–Trinajstić information content (AvgIpc) is 3.19. The zero-order valence-corrected chi connectivity index (χ0v) is 20.5. The van der Waals surface area contributed by atoms with E-state index in [0.29, 0.717) is 32.4 Å². The number of β-amino-alcohol motifs (C(OH)–C–C–N with tert-alkyl or cyclic N) is 1. The van der Waals surface area contributed by atoms with Crippen molar-refractivity contribution in [2.75, 3.05) is 19.6 Å². The van der Waals surface area contributed by atoms with Gasteiger partial charge >= 0.3 is 12.1 Å². The molecule has 2 aliphatic heterocycles. The molecule has 35 heavy (non-hydrogen) atoms. The second-order valence-corrected chi connectivity index (χ2v) is 10.2. The van der Waals surface area contributed by atoms with Crippen LogP contribution in [-0.4, -0.2) is 87.3 Å². The SMILES string of the molecule is CC(C)(C)OC(=O)N[C@@H](Cc1ccccc1)C(=O)N1CCC(C(=O)N2C[C@H](O)C[C@H]2C(=O)O)CC1. The third-order valence-electron chi connectivity index (χ3n) is 6.27. The minimum absolute atomic E-state index is 0.00784. The maximum Gasteiger partial charge on any atom is 0.408 e. The molecule has 0 unspecified atom stereocenters. The Morgan fingerprint density at radius 3 is 2.31 bits per heavy atom. The first-order valence-electron chi connectivity index (χ1n) is 12.0. The fourth-order valence-corrected chi connectivity index (χ4v) is 4.59. The van der Waals surface area contributed by atoms with E-state index in [1.807, 2.05) is 30.3 Å². The van der Waals surface area contributed by atoms with Crippen LogP contribution in [0.25, 0.3) is 0 Å². The predicted molar refractivity (Wildman–Crippen MR) is 126 cm³/mol. The molecule has 2 fully saturated rings. The molecule has 3 rings (SSSR count). The first kappa shape index (κ1) is 26.5. The Balaban J connectivity index is 1.64. The van der Waals surface area contributed by atoms with Crippen LogP contribution in [0.1, 0.15) is 45.6 Å². The lowest BCUT2D eigenvalue weighted by atomic mass is 9.94. The number of piperidine rings is 1. The lowest BCUT2D eigenvalue weighted by molar-refractivity contribution is -0.151. The number of nitrogens with zero attached hydrogens (tertiary/aromatic N) is 2. The summed E-state index contributed by atoms with van der Waals surface area (Å²) in [5.41, 5.74) is 0.180. The first-order valence-corrected chi connectivity index (χ1v) is 12.0. The standard InChI is InChI=1S/C25H35N3O7/c1-25(2,3)35-24(34)26-19(13-16-7-5-4-6-8-16)22(31)27-11-9-17(10-12-27)21(30)28-15-18(29)14-20(28)23(32)33/h4-8,17-20,29H,9-15H2,1-3H3,(H,26,34)(H,32,33)/t18-,19+,20+/m1/s1. The molecule has 3 atom stereocenters. The van der Waals surface area contributed by atoms with Gasteiger partial charge in [-0.15, -0.1) is 0 Å². The third-order valence-corrected chi connectivity index (χ3v) is 6.27. The third kappa shape index (κ3) is 7.17. The summed E-state index contributed by atoms with van der Waals surface area (Å²) in [4.78, 5) is 53.1. The number of likely N-dealkylation sites (tertiary alicyclic amines) is 2. The molecular formula is C25H35N3O7. The number of amides is 3. The van der Waals surface area contributed by atoms with Crippen molar-refractivity contribution in [1.29, 1.82) is 0 Å². The van der Waals surface area contributed by atoms with Gasteiger partial charge in [-0.3, -0.25) is 9.59 Å². The highest BCUT2D eigenvalue weighted by Gasteiger charge is 2.42. The molecule has 3 amide bonds. The van der Waals surface area contributed by atoms with Crippen LogP contribution in [0.5, 0.6) is 0 Å². The maximum absolute atomic E-state index is 13.4. The quantitative estimate of drug-likeness (QED) is 0.550. The second-order valence-electron chi connectivity index (χ2n) is 10.2. The number of aliphatic hydroxyl groups is 1. The lowest BCUT2D eigenvalue weighted by Gasteiger charge is -2.36. The molecule has 0 aliphatic carbocycles. The van der Waals surface area contributed by atoms with Crippen LogP contribution in [-0.2, 0) is 25.5 Å². The van der Waals surface area contributed by atoms with E-state index < -0.39 is 41.8 Å². The van der Waals surface area contributed by atoms with Crippen LogP contribution in [0.4, 0.5) is 4.79 Å². The van der Waals surface area contributed by atoms with Gasteiger partial charge in [-0.05, 0) is 39.2 Å². The van der Waals surface area contributed by atoms with E-state index >= 15 is 0 Å². The van der Waals surface area contributed by atoms with E-state index in [4.69, 9.17) is 4.74 Å². The van der Waals surface area contributed by atoms with Crippen molar-refractivity contribution >= 4 is 23.9 Å². The Bertz CT molecular complexity index is 923. The second kappa shape index (κ2) is 11.1. The van der Waals surface area contributed by atoms with Crippen molar-refractivity contribution in [3.05, 3.63) is 35.9 Å². The van der Waals surface area contributed by atoms with E-state index in [-0.39, 0.29) is 24.8 Å². The molecular weight excluding hydrogens is 454 g/mol. The van der Waals surface area contributed by atoms with Crippen LogP contribution in [0.15, 0.2) is 30.3 Å². The van der Waals surface area contributed by atoms with Gasteiger partial charge in [0, 0.05) is 38.4 Å². The number of carboxylic acid groups (broad SMARTS) is 1.